The fourth-order valence-electron chi connectivity index (χ4n) is 10.2. The van der Waals surface area contributed by atoms with E-state index >= 15 is 0 Å². The van der Waals surface area contributed by atoms with E-state index in [0.717, 1.165) is 79.1 Å². The number of nitrogens with one attached hydrogen (secondary N) is 5. The maximum absolute atomic E-state index is 13.4. The number of allylic oxidation sites excluding steroid dienone is 2. The predicted molar refractivity (Wildman–Crippen MR) is 302 cm³/mol. The van der Waals surface area contributed by atoms with Crippen molar-refractivity contribution in [2.45, 2.75) is 254 Å². The Morgan fingerprint density at radius 1 is 0.506 bits per heavy atom. The van der Waals surface area contributed by atoms with Crippen LogP contribution in [0, 0.1) is 0 Å². The first-order valence-electron chi connectivity index (χ1n) is 29.7. The predicted octanol–water partition coefficient (Wildman–Crippen LogP) is -3.14. The second kappa shape index (κ2) is 40.2. The van der Waals surface area contributed by atoms with Gasteiger partial charge in [0.1, 0.15) is 108 Å². The van der Waals surface area contributed by atoms with E-state index in [1.54, 1.807) is 0 Å². The third-order valence-electron chi connectivity index (χ3n) is 14.6. The van der Waals surface area contributed by atoms with Crippen molar-refractivity contribution in [3.05, 3.63) is 35.1 Å². The van der Waals surface area contributed by atoms with Crippen LogP contribution >= 0.6 is 0 Å². The van der Waals surface area contributed by atoms with Gasteiger partial charge in [-0.3, -0.25) is 24.0 Å². The van der Waals surface area contributed by atoms with E-state index in [1.807, 2.05) is 5.32 Å². The highest BCUT2D eigenvalue weighted by molar-refractivity contribution is 5.77. The highest BCUT2D eigenvalue weighted by Crippen LogP contribution is 2.34. The summed E-state index contributed by atoms with van der Waals surface area (Å²) in [6.45, 7) is 1.65. The second-order valence-corrected chi connectivity index (χ2v) is 21.7. The summed E-state index contributed by atoms with van der Waals surface area (Å²) >= 11 is 0. The van der Waals surface area contributed by atoms with Gasteiger partial charge in [0.25, 0.3) is 0 Å². The second-order valence-electron chi connectivity index (χ2n) is 21.7. The van der Waals surface area contributed by atoms with Crippen LogP contribution in [0.15, 0.2) is 35.1 Å². The molecule has 0 aromatic carbocycles. The molecule has 18 atom stereocenters. The summed E-state index contributed by atoms with van der Waals surface area (Å²) in [6, 6.07) is -5.03. The summed E-state index contributed by atoms with van der Waals surface area (Å²) in [7, 11) is 0. The molecule has 502 valence electrons. The van der Waals surface area contributed by atoms with Gasteiger partial charge in [0, 0.05) is 60.2 Å². The molecule has 0 bridgehead atoms. The smallest absolute Gasteiger partial charge is 0.221 e. The van der Waals surface area contributed by atoms with Crippen molar-refractivity contribution in [2.24, 2.45) is 0 Å². The standard InChI is InChI=1S/C56H97N5O26/c1-6-7-8-9-10-11-12-13-14-15-16-17-18-19-20-21-38(71)61-41-47(75)46(74)35(26-64)83-55(41)86-51-37(28-66)85-56(43(49(51)77)60-32(5)70)87-50-36(27-65)84-54(42(48(50)76)59-31(4)69)82-34(23-25-63)45(73)40(58-30(3)68)53(80)81-33(22-24-62)44(72)39(52(78)79)57-29(2)67/h11-12,33-37,41-43,46-56,62-66,72-80H,6-10,13-28H2,1-5H3,(H,57,67)(H,58,68)(H,59,69)(H,60,70)(H,61,71)/b12-11-,44-39+,45-40-. The zero-order valence-corrected chi connectivity index (χ0v) is 50.1. The maximum Gasteiger partial charge on any atom is 0.221 e. The quantitative estimate of drug-likeness (QED) is 0.0125. The van der Waals surface area contributed by atoms with Crippen LogP contribution in [0.1, 0.15) is 137 Å². The molecule has 0 aliphatic carbocycles. The summed E-state index contributed by atoms with van der Waals surface area (Å²) in [6.07, 6.45) is -13.8. The van der Waals surface area contributed by atoms with Gasteiger partial charge >= 0.3 is 0 Å². The van der Waals surface area contributed by atoms with E-state index in [1.165, 1.54) is 25.7 Å². The molecule has 3 aliphatic rings. The number of hydrogen-bond acceptors (Lipinski definition) is 26. The Bertz CT molecular complexity index is 2180. The Hall–Kier alpha value is -4.59. The van der Waals surface area contributed by atoms with Gasteiger partial charge in [-0.25, -0.2) is 0 Å². The number of unbranched alkanes of at least 4 members (excludes halogenated alkanes) is 11. The zero-order valence-electron chi connectivity index (χ0n) is 50.1. The van der Waals surface area contributed by atoms with E-state index in [0.29, 0.717) is 6.42 Å². The van der Waals surface area contributed by atoms with Crippen molar-refractivity contribution in [1.29, 1.82) is 0 Å². The van der Waals surface area contributed by atoms with Gasteiger partial charge in [-0.1, -0.05) is 70.4 Å². The van der Waals surface area contributed by atoms with Gasteiger partial charge in [-0.2, -0.15) is 0 Å². The number of hydrogen-bond donors (Lipinski definition) is 19. The molecule has 0 spiro atoms. The minimum Gasteiger partial charge on any atom is -0.507 e. The minimum atomic E-state index is -2.53. The third-order valence-corrected chi connectivity index (χ3v) is 14.6. The first-order valence-corrected chi connectivity index (χ1v) is 29.7. The molecule has 0 aromatic rings. The average molecular weight is 1260 g/mol. The molecule has 0 radical (unpaired) electrons. The fraction of sp³-hybridized carbons (Fsp3) is 0.804. The van der Waals surface area contributed by atoms with Crippen LogP contribution in [0.25, 0.3) is 0 Å². The molecule has 31 heteroatoms. The molecule has 19 N–H and O–H groups in total. The molecular weight excluding hydrogens is 1160 g/mol. The normalized spacial score (nSPS) is 29.3. The van der Waals surface area contributed by atoms with E-state index in [9.17, 15) is 95.5 Å². The highest BCUT2D eigenvalue weighted by Gasteiger charge is 2.55. The zero-order chi connectivity index (χ0) is 64.9. The Morgan fingerprint density at radius 2 is 0.931 bits per heavy atom. The lowest BCUT2D eigenvalue weighted by molar-refractivity contribution is -0.354. The van der Waals surface area contributed by atoms with Gasteiger partial charge in [0.05, 0.1) is 19.8 Å². The Labute approximate surface area is 505 Å². The van der Waals surface area contributed by atoms with Crippen molar-refractivity contribution in [1.82, 2.24) is 26.6 Å². The average Bonchev–Trinajstić information content (AvgIpc) is 2.07. The van der Waals surface area contributed by atoms with Crippen LogP contribution in [-0.4, -0.2) is 251 Å². The van der Waals surface area contributed by atoms with Gasteiger partial charge in [-0.15, -0.1) is 0 Å². The largest absolute Gasteiger partial charge is 0.507 e. The molecule has 5 amide bonds. The van der Waals surface area contributed by atoms with E-state index in [2.05, 4.69) is 40.3 Å². The van der Waals surface area contributed by atoms with Crippen LogP contribution < -0.4 is 26.6 Å². The summed E-state index contributed by atoms with van der Waals surface area (Å²) in [5.41, 5.74) is -1.86. The van der Waals surface area contributed by atoms with E-state index in [-0.39, 0.29) is 6.42 Å². The Kier molecular flexibility index (Phi) is 35.4. The highest BCUT2D eigenvalue weighted by atomic mass is 16.8. The molecule has 3 aliphatic heterocycles. The number of aliphatic hydroxyl groups excluding tert-OH is 13. The number of aliphatic hydroxyl groups is 14. The van der Waals surface area contributed by atoms with Crippen LogP contribution in [0.3, 0.4) is 0 Å². The number of rotatable bonds is 39. The van der Waals surface area contributed by atoms with Gasteiger partial charge in [0.15, 0.2) is 25.2 Å². The van der Waals surface area contributed by atoms with Crippen LogP contribution in [-0.2, 0) is 57.1 Å². The Morgan fingerprint density at radius 3 is 1.40 bits per heavy atom. The van der Waals surface area contributed by atoms with Crippen LogP contribution in [0.2, 0.25) is 0 Å². The molecule has 0 aromatic heterocycles. The van der Waals surface area contributed by atoms with Gasteiger partial charge < -0.3 is 131 Å². The lowest BCUT2D eigenvalue weighted by atomic mass is 9.93. The molecule has 87 heavy (non-hydrogen) atoms. The van der Waals surface area contributed by atoms with Gasteiger partial charge in [0.2, 0.25) is 35.8 Å². The number of carbonyl (C=O) groups is 5. The maximum atomic E-state index is 13.4. The van der Waals surface area contributed by atoms with Crippen molar-refractivity contribution in [2.75, 3.05) is 33.0 Å². The van der Waals surface area contributed by atoms with Crippen molar-refractivity contribution in [3.8, 4) is 0 Å². The number of carbonyl (C=O) groups excluding carboxylic acids is 5. The van der Waals surface area contributed by atoms with Crippen molar-refractivity contribution >= 4 is 29.5 Å². The number of amides is 5. The van der Waals surface area contributed by atoms with Crippen LogP contribution in [0.4, 0.5) is 0 Å². The lowest BCUT2D eigenvalue weighted by Gasteiger charge is -2.50. The van der Waals surface area contributed by atoms with Crippen LogP contribution in [0.5, 0.6) is 0 Å². The molecule has 3 heterocycles. The summed E-state index contributed by atoms with van der Waals surface area (Å²) in [4.78, 5) is 63.1. The molecule has 3 saturated heterocycles. The lowest BCUT2D eigenvalue weighted by Crippen LogP contribution is -2.71. The first-order chi connectivity index (χ1) is 41.4. The summed E-state index contributed by atoms with van der Waals surface area (Å²) < 4.78 is 41.6. The molecule has 31 nitrogen and oxygen atoms in total. The SMILES string of the molecule is CCCCCC/C=C\CCCCCCCCCC(=O)NC1C(OC2C(CO)OC(OC3C(CO)OC(OC(CCO)/C(O)=C(/NC(C)=O)C(O)OC(CCO)/C(O)=C(\NC(C)=O)C(O)O)C(NC(C)=O)C3O)C(NC(C)=O)C2O)OC(CO)C(O)C1O. The molecular formula is C56H97N5O26. The molecule has 3 fully saturated rings. The van der Waals surface area contributed by atoms with E-state index < -0.39 is 215 Å². The summed E-state index contributed by atoms with van der Waals surface area (Å²) in [5.74, 6) is -6.31. The first kappa shape index (κ1) is 76.7. The topological polar surface area (TPSA) is 493 Å². The monoisotopic (exact) mass is 1260 g/mol. The summed E-state index contributed by atoms with van der Waals surface area (Å²) in [5, 5.41) is 163. The fourth-order valence-corrected chi connectivity index (χ4v) is 10.2. The molecule has 0 saturated carbocycles. The van der Waals surface area contributed by atoms with Crippen molar-refractivity contribution < 1.29 is 129 Å². The van der Waals surface area contributed by atoms with E-state index in [4.69, 9.17) is 33.2 Å². The molecule has 18 unspecified atom stereocenters. The van der Waals surface area contributed by atoms with Crippen molar-refractivity contribution in [3.63, 3.8) is 0 Å². The third kappa shape index (κ3) is 24.6. The minimum absolute atomic E-state index is 0.0168. The molecule has 3 rings (SSSR count). The van der Waals surface area contributed by atoms with Gasteiger partial charge in [-0.05, 0) is 32.1 Å². The Balaban J connectivity index is 1.86. The number of ether oxygens (including phenoxy) is 7.